The summed E-state index contributed by atoms with van der Waals surface area (Å²) in [5.74, 6) is 0. The minimum Gasteiger partial charge on any atom is -0.208 e. The first-order valence-corrected chi connectivity index (χ1v) is 6.63. The Bertz CT molecular complexity index is 266. The third-order valence-electron chi connectivity index (χ3n) is 1.40. The van der Waals surface area contributed by atoms with E-state index in [0.717, 1.165) is 9.79 Å². The number of hydrogen-bond acceptors (Lipinski definition) is 2. The molecule has 0 atom stereocenters. The van der Waals surface area contributed by atoms with Gasteiger partial charge in [-0.15, -0.1) is 28.1 Å². The minimum atomic E-state index is 0.568. The summed E-state index contributed by atoms with van der Waals surface area (Å²) in [5, 5.41) is 1.81. The molecular weight excluding hydrogens is 255 g/mol. The van der Waals surface area contributed by atoms with Crippen LogP contribution >= 0.6 is 58.3 Å². The summed E-state index contributed by atoms with van der Waals surface area (Å²) in [6.45, 7) is 0. The van der Waals surface area contributed by atoms with Crippen LogP contribution in [0.2, 0.25) is 15.1 Å². The maximum absolute atomic E-state index is 6.02. The van der Waals surface area contributed by atoms with Crippen molar-refractivity contribution in [1.82, 2.24) is 0 Å². The van der Waals surface area contributed by atoms with Crippen LogP contribution in [0.5, 0.6) is 0 Å². The molecule has 0 aliphatic heterocycles. The summed E-state index contributed by atoms with van der Waals surface area (Å²) >= 11 is 20.9. The summed E-state index contributed by atoms with van der Waals surface area (Å²) < 4.78 is 0. The van der Waals surface area contributed by atoms with Crippen molar-refractivity contribution < 1.29 is 0 Å². The zero-order chi connectivity index (χ0) is 9.30. The largest absolute Gasteiger partial charge is 0.208 e. The van der Waals surface area contributed by atoms with E-state index in [-0.39, 0.29) is 0 Å². The Morgan fingerprint density at radius 3 is 1.92 bits per heavy atom. The van der Waals surface area contributed by atoms with Crippen LogP contribution in [0, 0.1) is 0 Å². The van der Waals surface area contributed by atoms with Crippen LogP contribution in [0.15, 0.2) is 9.79 Å². The molecule has 0 spiro atoms. The van der Waals surface area contributed by atoms with Crippen LogP contribution in [0.3, 0.4) is 0 Å². The third kappa shape index (κ3) is 1.73. The van der Waals surface area contributed by atoms with Crippen LogP contribution in [0.4, 0.5) is 0 Å². The second-order valence-electron chi connectivity index (χ2n) is 2.01. The van der Waals surface area contributed by atoms with Gasteiger partial charge in [0.15, 0.2) is 0 Å². The zero-order valence-corrected chi connectivity index (χ0v) is 10.4. The lowest BCUT2D eigenvalue weighted by atomic mass is 10.6. The Morgan fingerprint density at radius 1 is 1.08 bits per heavy atom. The smallest absolute Gasteiger partial charge is 0.0257 e. The highest BCUT2D eigenvalue weighted by Crippen LogP contribution is 2.48. The molecule has 0 bridgehead atoms. The maximum Gasteiger partial charge on any atom is -0.0257 e. The van der Waals surface area contributed by atoms with Crippen molar-refractivity contribution in [1.29, 1.82) is 0 Å². The summed E-state index contributed by atoms with van der Waals surface area (Å²) in [4.78, 5) is 1.74. The average Bonchev–Trinajstić information content (AvgIpc) is 2.25. The second kappa shape index (κ2) is 4.43. The molecule has 0 aliphatic rings. The molecule has 0 aliphatic carbocycles. The van der Waals surface area contributed by atoms with Gasteiger partial charge < -0.3 is 0 Å². The lowest BCUT2D eigenvalue weighted by molar-refractivity contribution is 1.50. The molecule has 68 valence electrons. The molecule has 0 saturated heterocycles. The van der Waals surface area contributed by atoms with E-state index < -0.39 is 0 Å². The minimum absolute atomic E-state index is 0.568. The number of hydrogen-bond donors (Lipinski definition) is 0. The fraction of sp³-hybridized carbons (Fsp3) is 0.286. The van der Waals surface area contributed by atoms with Gasteiger partial charge in [0, 0.05) is 0 Å². The van der Waals surface area contributed by atoms with Gasteiger partial charge in [-0.2, -0.15) is 23.4 Å². The van der Waals surface area contributed by atoms with Gasteiger partial charge in [-0.05, 0) is 22.6 Å². The van der Waals surface area contributed by atoms with E-state index in [1.54, 1.807) is 0 Å². The van der Waals surface area contributed by atoms with Crippen molar-refractivity contribution in [3.63, 3.8) is 0 Å². The van der Waals surface area contributed by atoms with Crippen LogP contribution in [0.25, 0.3) is 0 Å². The molecule has 0 radical (unpaired) electrons. The number of thioether (sulfide) groups is 2. The molecular formula is C7H6Cl3S2-. The Balaban J connectivity index is 3.32. The SMILES string of the molecule is CSc1c(Cl)c(Cl)[c-](SC)c1Cl. The highest BCUT2D eigenvalue weighted by Gasteiger charge is 2.07. The Hall–Kier alpha value is 0.920. The normalized spacial score (nSPS) is 10.8. The first-order valence-electron chi connectivity index (χ1n) is 3.04. The lowest BCUT2D eigenvalue weighted by Crippen LogP contribution is -1.64. The van der Waals surface area contributed by atoms with Gasteiger partial charge in [0.1, 0.15) is 0 Å². The Labute approximate surface area is 95.3 Å². The molecule has 5 heteroatoms. The topological polar surface area (TPSA) is 0 Å². The summed E-state index contributed by atoms with van der Waals surface area (Å²) in [6.07, 6.45) is 3.85. The molecule has 0 saturated carbocycles. The van der Waals surface area contributed by atoms with E-state index in [2.05, 4.69) is 0 Å². The lowest BCUT2D eigenvalue weighted by Gasteiger charge is -2.04. The fourth-order valence-corrected chi connectivity index (χ4v) is 3.74. The summed E-state index contributed by atoms with van der Waals surface area (Å²) in [6, 6.07) is 0. The van der Waals surface area contributed by atoms with Gasteiger partial charge in [0.25, 0.3) is 0 Å². The molecule has 0 nitrogen and oxygen atoms in total. The van der Waals surface area contributed by atoms with E-state index in [0.29, 0.717) is 15.1 Å². The van der Waals surface area contributed by atoms with Crippen LogP contribution < -0.4 is 0 Å². The molecule has 1 aromatic rings. The molecule has 12 heavy (non-hydrogen) atoms. The van der Waals surface area contributed by atoms with Crippen molar-refractivity contribution in [2.45, 2.75) is 9.79 Å². The number of rotatable bonds is 2. The molecule has 0 unspecified atom stereocenters. The fourth-order valence-electron chi connectivity index (χ4n) is 0.854. The van der Waals surface area contributed by atoms with Crippen LogP contribution in [-0.2, 0) is 0 Å². The summed E-state index contributed by atoms with van der Waals surface area (Å²) in [7, 11) is 0. The quantitative estimate of drug-likeness (QED) is 0.553. The van der Waals surface area contributed by atoms with Gasteiger partial charge in [0.2, 0.25) is 0 Å². The molecule has 0 fully saturated rings. The Morgan fingerprint density at radius 2 is 1.67 bits per heavy atom. The van der Waals surface area contributed by atoms with Gasteiger partial charge in [-0.25, -0.2) is 11.8 Å². The molecule has 0 N–H and O–H groups in total. The standard InChI is InChI=1S/C7H6Cl3S2/c1-11-6-3(8)4(9)7(12-2)5(6)10/h1-2H3/q-1. The van der Waals surface area contributed by atoms with E-state index in [9.17, 15) is 0 Å². The monoisotopic (exact) mass is 259 g/mol. The van der Waals surface area contributed by atoms with Crippen LogP contribution in [0.1, 0.15) is 0 Å². The Kier molecular flexibility index (Phi) is 4.06. The van der Waals surface area contributed by atoms with E-state index in [1.165, 1.54) is 23.5 Å². The van der Waals surface area contributed by atoms with Gasteiger partial charge >= 0.3 is 0 Å². The van der Waals surface area contributed by atoms with Crippen molar-refractivity contribution in [3.8, 4) is 0 Å². The second-order valence-corrected chi connectivity index (χ2v) is 4.78. The third-order valence-corrected chi connectivity index (χ3v) is 4.71. The highest BCUT2D eigenvalue weighted by molar-refractivity contribution is 7.99. The molecule has 0 aromatic heterocycles. The molecule has 1 rings (SSSR count). The van der Waals surface area contributed by atoms with Crippen molar-refractivity contribution in [2.24, 2.45) is 0 Å². The summed E-state index contributed by atoms with van der Waals surface area (Å²) in [5.41, 5.74) is 0. The predicted octanol–water partition coefficient (Wildman–Crippen LogP) is 4.81. The van der Waals surface area contributed by atoms with Crippen LogP contribution in [-0.4, -0.2) is 12.5 Å². The van der Waals surface area contributed by atoms with Crippen molar-refractivity contribution in [2.75, 3.05) is 12.5 Å². The first kappa shape index (κ1) is 11.0. The predicted molar refractivity (Wildman–Crippen MR) is 60.6 cm³/mol. The highest BCUT2D eigenvalue weighted by atomic mass is 35.5. The van der Waals surface area contributed by atoms with E-state index >= 15 is 0 Å². The first-order chi connectivity index (χ1) is 5.63. The van der Waals surface area contributed by atoms with E-state index in [4.69, 9.17) is 34.8 Å². The average molecular weight is 261 g/mol. The number of halogens is 3. The van der Waals surface area contributed by atoms with E-state index in [1.807, 2.05) is 12.5 Å². The van der Waals surface area contributed by atoms with Gasteiger partial charge in [0.05, 0.1) is 0 Å². The maximum atomic E-state index is 6.02. The molecule has 0 amide bonds. The van der Waals surface area contributed by atoms with Crippen molar-refractivity contribution >= 4 is 58.3 Å². The molecule has 0 heterocycles. The van der Waals surface area contributed by atoms with Gasteiger partial charge in [-0.1, -0.05) is 9.92 Å². The molecule has 1 aromatic carbocycles. The van der Waals surface area contributed by atoms with Gasteiger partial charge in [-0.3, -0.25) is 0 Å². The van der Waals surface area contributed by atoms with Crippen molar-refractivity contribution in [3.05, 3.63) is 15.1 Å². The zero-order valence-electron chi connectivity index (χ0n) is 6.45.